The zero-order valence-corrected chi connectivity index (χ0v) is 14.1. The van der Waals surface area contributed by atoms with E-state index >= 15 is 0 Å². The first-order valence-electron chi connectivity index (χ1n) is 8.36. The van der Waals surface area contributed by atoms with E-state index in [1.807, 2.05) is 6.26 Å². The highest BCUT2D eigenvalue weighted by atomic mass is 16.3. The SMILES string of the molecule is CC1=CCCC(C)C1(C)CC/C(C)=C/CCc1ccoc1. The summed E-state index contributed by atoms with van der Waals surface area (Å²) in [5.74, 6) is 0.807. The molecule has 1 aliphatic carbocycles. The van der Waals surface area contributed by atoms with Gasteiger partial charge in [-0.3, -0.25) is 0 Å². The Bertz CT molecular complexity index is 492. The van der Waals surface area contributed by atoms with Crippen molar-refractivity contribution in [2.45, 2.75) is 66.2 Å². The molecule has 1 aliphatic rings. The fraction of sp³-hybridized carbons (Fsp3) is 0.600. The largest absolute Gasteiger partial charge is 0.472 e. The fourth-order valence-electron chi connectivity index (χ4n) is 3.41. The molecule has 116 valence electrons. The summed E-state index contributed by atoms with van der Waals surface area (Å²) in [5.41, 5.74) is 4.83. The quantitative estimate of drug-likeness (QED) is 0.557. The predicted octanol–water partition coefficient (Wildman–Crippen LogP) is 6.32. The molecule has 1 aromatic heterocycles. The van der Waals surface area contributed by atoms with E-state index in [1.165, 1.54) is 36.8 Å². The molecular formula is C20H30O. The van der Waals surface area contributed by atoms with Crippen molar-refractivity contribution in [3.05, 3.63) is 47.5 Å². The molecule has 1 aromatic rings. The second-order valence-electron chi connectivity index (χ2n) is 7.00. The third-order valence-electron chi connectivity index (χ3n) is 5.58. The van der Waals surface area contributed by atoms with Gasteiger partial charge in [0.1, 0.15) is 0 Å². The third kappa shape index (κ3) is 4.12. The minimum Gasteiger partial charge on any atom is -0.472 e. The van der Waals surface area contributed by atoms with E-state index in [-0.39, 0.29) is 0 Å². The normalized spacial score (nSPS) is 26.8. The highest BCUT2D eigenvalue weighted by Crippen LogP contribution is 2.45. The summed E-state index contributed by atoms with van der Waals surface area (Å²) < 4.78 is 5.11. The van der Waals surface area contributed by atoms with Crippen molar-refractivity contribution >= 4 is 0 Å². The van der Waals surface area contributed by atoms with Crippen LogP contribution in [0, 0.1) is 11.3 Å². The Kier molecular flexibility index (Phi) is 5.50. The summed E-state index contributed by atoms with van der Waals surface area (Å²) in [4.78, 5) is 0. The molecule has 0 radical (unpaired) electrons. The minimum atomic E-state index is 0.401. The standard InChI is InChI=1S/C20H30O/c1-16(7-5-10-19-12-14-21-15-19)11-13-20(4)17(2)8-6-9-18(20)3/h7-8,12,14-15,18H,5-6,9-11,13H2,1-4H3/b16-7+. The van der Waals surface area contributed by atoms with Crippen molar-refractivity contribution in [3.8, 4) is 0 Å². The summed E-state index contributed by atoms with van der Waals surface area (Å²) in [6, 6.07) is 2.06. The Hall–Kier alpha value is -1.24. The molecule has 1 heteroatoms. The Labute approximate surface area is 130 Å². The van der Waals surface area contributed by atoms with Crippen LogP contribution in [0.15, 0.2) is 46.3 Å². The zero-order chi connectivity index (χ0) is 15.3. The molecule has 0 aliphatic heterocycles. The molecule has 2 rings (SSSR count). The van der Waals surface area contributed by atoms with Crippen LogP contribution in [0.1, 0.15) is 65.4 Å². The lowest BCUT2D eigenvalue weighted by atomic mass is 9.65. The van der Waals surface area contributed by atoms with Gasteiger partial charge in [0.15, 0.2) is 0 Å². The summed E-state index contributed by atoms with van der Waals surface area (Å²) in [6.45, 7) is 9.49. The van der Waals surface area contributed by atoms with Crippen molar-refractivity contribution < 1.29 is 4.42 Å². The van der Waals surface area contributed by atoms with Crippen LogP contribution in [-0.2, 0) is 6.42 Å². The van der Waals surface area contributed by atoms with Gasteiger partial charge in [-0.15, -0.1) is 0 Å². The molecular weight excluding hydrogens is 256 g/mol. The molecule has 0 fully saturated rings. The fourth-order valence-corrected chi connectivity index (χ4v) is 3.41. The van der Waals surface area contributed by atoms with Crippen LogP contribution in [-0.4, -0.2) is 0 Å². The molecule has 0 amide bonds. The first kappa shape index (κ1) is 16.1. The number of rotatable bonds is 6. The van der Waals surface area contributed by atoms with Gasteiger partial charge in [0, 0.05) is 0 Å². The van der Waals surface area contributed by atoms with Gasteiger partial charge in [-0.25, -0.2) is 0 Å². The van der Waals surface area contributed by atoms with E-state index in [4.69, 9.17) is 4.42 Å². The number of furan rings is 1. The van der Waals surface area contributed by atoms with Gasteiger partial charge in [-0.05, 0) is 75.3 Å². The lowest BCUT2D eigenvalue weighted by molar-refractivity contribution is 0.211. The number of hydrogen-bond donors (Lipinski definition) is 0. The van der Waals surface area contributed by atoms with Crippen LogP contribution >= 0.6 is 0 Å². The van der Waals surface area contributed by atoms with E-state index in [0.717, 1.165) is 18.8 Å². The molecule has 2 unspecified atom stereocenters. The van der Waals surface area contributed by atoms with E-state index in [2.05, 4.69) is 45.9 Å². The van der Waals surface area contributed by atoms with Crippen molar-refractivity contribution in [2.75, 3.05) is 0 Å². The first-order chi connectivity index (χ1) is 10.0. The van der Waals surface area contributed by atoms with Crippen LogP contribution in [0.2, 0.25) is 0 Å². The smallest absolute Gasteiger partial charge is 0.0934 e. The van der Waals surface area contributed by atoms with E-state index in [0.29, 0.717) is 5.41 Å². The second kappa shape index (κ2) is 7.15. The zero-order valence-electron chi connectivity index (χ0n) is 14.1. The van der Waals surface area contributed by atoms with Crippen molar-refractivity contribution in [1.29, 1.82) is 0 Å². The Morgan fingerprint density at radius 3 is 2.95 bits per heavy atom. The van der Waals surface area contributed by atoms with Gasteiger partial charge in [0.25, 0.3) is 0 Å². The minimum absolute atomic E-state index is 0.401. The third-order valence-corrected chi connectivity index (χ3v) is 5.58. The number of allylic oxidation sites excluding steroid dienone is 4. The lowest BCUT2D eigenvalue weighted by Crippen LogP contribution is -2.29. The van der Waals surface area contributed by atoms with Crippen LogP contribution in [0.5, 0.6) is 0 Å². The molecule has 1 nitrogen and oxygen atoms in total. The maximum Gasteiger partial charge on any atom is 0.0934 e. The highest BCUT2D eigenvalue weighted by molar-refractivity contribution is 5.17. The monoisotopic (exact) mass is 286 g/mol. The molecule has 0 saturated carbocycles. The Morgan fingerprint density at radius 2 is 2.29 bits per heavy atom. The van der Waals surface area contributed by atoms with Gasteiger partial charge < -0.3 is 4.42 Å². The average molecular weight is 286 g/mol. The van der Waals surface area contributed by atoms with Gasteiger partial charge in [0.05, 0.1) is 12.5 Å². The molecule has 2 atom stereocenters. The second-order valence-corrected chi connectivity index (χ2v) is 7.00. The summed E-state index contributed by atoms with van der Waals surface area (Å²) in [5, 5.41) is 0. The maximum absolute atomic E-state index is 5.11. The van der Waals surface area contributed by atoms with E-state index in [9.17, 15) is 0 Å². The highest BCUT2D eigenvalue weighted by Gasteiger charge is 2.34. The molecule has 0 aromatic carbocycles. The molecule has 21 heavy (non-hydrogen) atoms. The van der Waals surface area contributed by atoms with Gasteiger partial charge in [0.2, 0.25) is 0 Å². The Balaban J connectivity index is 1.83. The van der Waals surface area contributed by atoms with Crippen LogP contribution in [0.25, 0.3) is 0 Å². The summed E-state index contributed by atoms with van der Waals surface area (Å²) in [6.07, 6.45) is 15.8. The average Bonchev–Trinajstić information content (AvgIpc) is 2.96. The number of aryl methyl sites for hydroxylation is 1. The molecule has 0 N–H and O–H groups in total. The molecule has 0 saturated heterocycles. The molecule has 1 heterocycles. The molecule has 0 spiro atoms. The molecule has 0 bridgehead atoms. The van der Waals surface area contributed by atoms with Crippen LogP contribution in [0.3, 0.4) is 0 Å². The first-order valence-corrected chi connectivity index (χ1v) is 8.36. The van der Waals surface area contributed by atoms with Crippen molar-refractivity contribution in [3.63, 3.8) is 0 Å². The van der Waals surface area contributed by atoms with Crippen LogP contribution in [0.4, 0.5) is 0 Å². The Morgan fingerprint density at radius 1 is 1.48 bits per heavy atom. The van der Waals surface area contributed by atoms with E-state index in [1.54, 1.807) is 11.8 Å². The topological polar surface area (TPSA) is 13.1 Å². The summed E-state index contributed by atoms with van der Waals surface area (Å²) >= 11 is 0. The van der Waals surface area contributed by atoms with Gasteiger partial charge in [-0.2, -0.15) is 0 Å². The lowest BCUT2D eigenvalue weighted by Gasteiger charge is -2.40. The summed E-state index contributed by atoms with van der Waals surface area (Å²) in [7, 11) is 0. The van der Waals surface area contributed by atoms with Crippen LogP contribution < -0.4 is 0 Å². The number of hydrogen-bond acceptors (Lipinski definition) is 1. The van der Waals surface area contributed by atoms with Crippen molar-refractivity contribution in [1.82, 2.24) is 0 Å². The maximum atomic E-state index is 5.11. The predicted molar refractivity (Wildman–Crippen MR) is 90.3 cm³/mol. The van der Waals surface area contributed by atoms with E-state index < -0.39 is 0 Å². The van der Waals surface area contributed by atoms with Gasteiger partial charge in [-0.1, -0.05) is 37.1 Å². The van der Waals surface area contributed by atoms with Crippen molar-refractivity contribution in [2.24, 2.45) is 11.3 Å². The van der Waals surface area contributed by atoms with Gasteiger partial charge >= 0.3 is 0 Å².